The zero-order valence-electron chi connectivity index (χ0n) is 9.42. The summed E-state index contributed by atoms with van der Waals surface area (Å²) in [6, 6.07) is 0. The van der Waals surface area contributed by atoms with Gasteiger partial charge < -0.3 is 4.90 Å². The molecule has 0 aromatic carbocycles. The maximum absolute atomic E-state index is 11.8. The molecule has 0 aromatic heterocycles. The maximum atomic E-state index is 11.8. The van der Waals surface area contributed by atoms with E-state index in [1.807, 2.05) is 7.05 Å². The highest BCUT2D eigenvalue weighted by Gasteiger charge is 2.40. The van der Waals surface area contributed by atoms with Crippen LogP contribution in [0.4, 0.5) is 0 Å². The van der Waals surface area contributed by atoms with Crippen LogP contribution in [0.2, 0.25) is 0 Å². The van der Waals surface area contributed by atoms with Gasteiger partial charge in [-0.2, -0.15) is 0 Å². The van der Waals surface area contributed by atoms with E-state index in [0.717, 1.165) is 18.3 Å². The topological polar surface area (TPSA) is 20.3 Å². The van der Waals surface area contributed by atoms with Crippen molar-refractivity contribution in [2.75, 3.05) is 19.5 Å². The summed E-state index contributed by atoms with van der Waals surface area (Å²) < 4.78 is 0. The first-order valence-corrected chi connectivity index (χ1v) is 6.54. The van der Waals surface area contributed by atoms with Crippen molar-refractivity contribution in [3.8, 4) is 0 Å². The Labute approximate surface area is 97.0 Å². The van der Waals surface area contributed by atoms with Crippen LogP contribution in [-0.2, 0) is 4.79 Å². The molecule has 86 valence electrons. The summed E-state index contributed by atoms with van der Waals surface area (Å²) >= 11 is 5.63. The molecule has 0 saturated heterocycles. The molecule has 0 spiro atoms. The van der Waals surface area contributed by atoms with Crippen LogP contribution in [-0.4, -0.2) is 30.3 Å². The second-order valence-corrected chi connectivity index (χ2v) is 5.52. The van der Waals surface area contributed by atoms with Gasteiger partial charge in [-0.15, -0.1) is 11.6 Å². The molecule has 3 unspecified atom stereocenters. The summed E-state index contributed by atoms with van der Waals surface area (Å²) in [7, 11) is 1.86. The number of hydrogen-bond acceptors (Lipinski definition) is 1. The smallest absolute Gasteiger partial charge is 0.222 e. The SMILES string of the molecule is CN(CCCl)C(=O)CC1CC2CCC1C2. The highest BCUT2D eigenvalue weighted by atomic mass is 35.5. The molecule has 1 amide bonds. The van der Waals surface area contributed by atoms with Crippen LogP contribution in [0.15, 0.2) is 0 Å². The fourth-order valence-corrected chi connectivity index (χ4v) is 3.51. The molecular weight excluding hydrogens is 210 g/mol. The van der Waals surface area contributed by atoms with E-state index in [0.29, 0.717) is 18.3 Å². The van der Waals surface area contributed by atoms with Gasteiger partial charge in [-0.05, 0) is 37.0 Å². The number of nitrogens with zero attached hydrogens (tertiary/aromatic N) is 1. The van der Waals surface area contributed by atoms with Crippen molar-refractivity contribution in [3.05, 3.63) is 0 Å². The van der Waals surface area contributed by atoms with Crippen LogP contribution in [0.1, 0.15) is 32.1 Å². The van der Waals surface area contributed by atoms with E-state index in [4.69, 9.17) is 11.6 Å². The van der Waals surface area contributed by atoms with Crippen molar-refractivity contribution < 1.29 is 4.79 Å². The van der Waals surface area contributed by atoms with Crippen LogP contribution in [0, 0.1) is 17.8 Å². The highest BCUT2D eigenvalue weighted by molar-refractivity contribution is 6.18. The Balaban J connectivity index is 1.79. The van der Waals surface area contributed by atoms with Gasteiger partial charge in [0.05, 0.1) is 0 Å². The Morgan fingerprint density at radius 3 is 2.73 bits per heavy atom. The summed E-state index contributed by atoms with van der Waals surface area (Å²) in [5.41, 5.74) is 0. The van der Waals surface area contributed by atoms with Crippen molar-refractivity contribution in [1.82, 2.24) is 4.90 Å². The fraction of sp³-hybridized carbons (Fsp3) is 0.917. The average Bonchev–Trinajstić information content (AvgIpc) is 2.79. The van der Waals surface area contributed by atoms with E-state index in [1.54, 1.807) is 4.90 Å². The minimum atomic E-state index is 0.285. The largest absolute Gasteiger partial charge is 0.345 e. The van der Waals surface area contributed by atoms with E-state index in [9.17, 15) is 4.79 Å². The molecule has 3 heteroatoms. The minimum Gasteiger partial charge on any atom is -0.345 e. The van der Waals surface area contributed by atoms with Gasteiger partial charge in [0.1, 0.15) is 0 Å². The third-order valence-electron chi connectivity index (χ3n) is 4.17. The van der Waals surface area contributed by atoms with Crippen molar-refractivity contribution in [3.63, 3.8) is 0 Å². The molecule has 2 rings (SSSR count). The molecule has 0 N–H and O–H groups in total. The van der Waals surface area contributed by atoms with E-state index in [-0.39, 0.29) is 5.91 Å². The van der Waals surface area contributed by atoms with Crippen LogP contribution in [0.5, 0.6) is 0 Å². The molecule has 0 radical (unpaired) electrons. The van der Waals surface area contributed by atoms with Crippen molar-refractivity contribution in [2.24, 2.45) is 17.8 Å². The molecule has 2 aliphatic carbocycles. The standard InChI is InChI=1S/C12H20ClNO/c1-14(5-4-13)12(15)8-11-7-9-2-3-10(11)6-9/h9-11H,2-8H2,1H3. The second-order valence-electron chi connectivity index (χ2n) is 5.14. The third-order valence-corrected chi connectivity index (χ3v) is 4.34. The van der Waals surface area contributed by atoms with E-state index in [2.05, 4.69) is 0 Å². The van der Waals surface area contributed by atoms with Gasteiger partial charge in [-0.1, -0.05) is 6.42 Å². The lowest BCUT2D eigenvalue weighted by molar-refractivity contribution is -0.131. The van der Waals surface area contributed by atoms with Crippen molar-refractivity contribution in [1.29, 1.82) is 0 Å². The first kappa shape index (κ1) is 11.3. The number of carbonyl (C=O) groups is 1. The van der Waals surface area contributed by atoms with E-state index >= 15 is 0 Å². The summed E-state index contributed by atoms with van der Waals surface area (Å²) in [5, 5.41) is 0. The predicted octanol–water partition coefficient (Wildman–Crippen LogP) is 2.51. The predicted molar refractivity (Wildman–Crippen MR) is 61.9 cm³/mol. The van der Waals surface area contributed by atoms with Gasteiger partial charge in [0.25, 0.3) is 0 Å². The Morgan fingerprint density at radius 1 is 1.40 bits per heavy atom. The molecular formula is C12H20ClNO. The minimum absolute atomic E-state index is 0.285. The number of halogens is 1. The number of carbonyl (C=O) groups excluding carboxylic acids is 1. The van der Waals surface area contributed by atoms with Gasteiger partial charge in [0, 0.05) is 25.9 Å². The van der Waals surface area contributed by atoms with Crippen LogP contribution in [0.25, 0.3) is 0 Å². The van der Waals surface area contributed by atoms with Gasteiger partial charge >= 0.3 is 0 Å². The lowest BCUT2D eigenvalue weighted by Crippen LogP contribution is -2.31. The summed E-state index contributed by atoms with van der Waals surface area (Å²) in [5.74, 6) is 3.29. The molecule has 2 nitrogen and oxygen atoms in total. The Bertz CT molecular complexity index is 244. The van der Waals surface area contributed by atoms with Gasteiger partial charge in [-0.25, -0.2) is 0 Å². The third kappa shape index (κ3) is 2.47. The maximum Gasteiger partial charge on any atom is 0.222 e. The summed E-state index contributed by atoms with van der Waals surface area (Å²) in [6.45, 7) is 0.682. The number of amides is 1. The lowest BCUT2D eigenvalue weighted by atomic mass is 9.86. The number of fused-ring (bicyclic) bond motifs is 2. The van der Waals surface area contributed by atoms with Crippen LogP contribution < -0.4 is 0 Å². The Morgan fingerprint density at radius 2 is 2.20 bits per heavy atom. The second kappa shape index (κ2) is 4.73. The molecule has 2 fully saturated rings. The van der Waals surface area contributed by atoms with Gasteiger partial charge in [0.2, 0.25) is 5.91 Å². The Hall–Kier alpha value is -0.240. The number of rotatable bonds is 4. The van der Waals surface area contributed by atoms with Crippen LogP contribution in [0.3, 0.4) is 0 Å². The first-order valence-electron chi connectivity index (χ1n) is 6.00. The quantitative estimate of drug-likeness (QED) is 0.679. The lowest BCUT2D eigenvalue weighted by Gasteiger charge is -2.24. The number of alkyl halides is 1. The zero-order valence-corrected chi connectivity index (χ0v) is 10.2. The molecule has 3 atom stereocenters. The molecule has 15 heavy (non-hydrogen) atoms. The molecule has 0 heterocycles. The Kier molecular flexibility index (Phi) is 3.55. The normalized spacial score (nSPS) is 33.3. The average molecular weight is 230 g/mol. The van der Waals surface area contributed by atoms with Crippen LogP contribution >= 0.6 is 11.6 Å². The zero-order chi connectivity index (χ0) is 10.8. The molecule has 2 aliphatic rings. The molecule has 0 aliphatic heterocycles. The summed E-state index contributed by atoms with van der Waals surface area (Å²) in [6.07, 6.45) is 6.21. The van der Waals surface area contributed by atoms with Gasteiger partial charge in [-0.3, -0.25) is 4.79 Å². The summed E-state index contributed by atoms with van der Waals surface area (Å²) in [4.78, 5) is 13.6. The molecule has 2 saturated carbocycles. The molecule has 0 aromatic rings. The van der Waals surface area contributed by atoms with E-state index in [1.165, 1.54) is 25.7 Å². The fourth-order valence-electron chi connectivity index (χ4n) is 3.26. The molecule has 2 bridgehead atoms. The highest BCUT2D eigenvalue weighted by Crippen LogP contribution is 2.49. The first-order chi connectivity index (χ1) is 7.20. The van der Waals surface area contributed by atoms with E-state index < -0.39 is 0 Å². The monoisotopic (exact) mass is 229 g/mol. The van der Waals surface area contributed by atoms with Crippen molar-refractivity contribution >= 4 is 17.5 Å². The number of hydrogen-bond donors (Lipinski definition) is 0. The van der Waals surface area contributed by atoms with Crippen molar-refractivity contribution in [2.45, 2.75) is 32.1 Å². The van der Waals surface area contributed by atoms with Gasteiger partial charge in [0.15, 0.2) is 0 Å².